The molecule has 0 aliphatic rings. The van der Waals surface area contributed by atoms with E-state index in [1.165, 1.54) is 24.6 Å². The van der Waals surface area contributed by atoms with Crippen molar-refractivity contribution in [1.82, 2.24) is 0 Å². The van der Waals surface area contributed by atoms with Crippen LogP contribution in [0.2, 0.25) is 0 Å². The predicted molar refractivity (Wildman–Crippen MR) is 50.2 cm³/mol. The average Bonchev–Trinajstić information content (AvgIpc) is 1.95. The van der Waals surface area contributed by atoms with E-state index in [2.05, 4.69) is 27.7 Å². The van der Waals surface area contributed by atoms with Crippen LogP contribution in [0.15, 0.2) is 0 Å². The molecule has 1 heteroatoms. The van der Waals surface area contributed by atoms with E-state index in [-0.39, 0.29) is 1.43 Å². The summed E-state index contributed by atoms with van der Waals surface area (Å²) in [6.07, 6.45) is 5.82. The molecule has 0 aromatic carbocycles. The van der Waals surface area contributed by atoms with Crippen molar-refractivity contribution in [3.8, 4) is 0 Å². The molecule has 0 saturated carbocycles. The van der Waals surface area contributed by atoms with Crippen LogP contribution in [0.5, 0.6) is 0 Å². The van der Waals surface area contributed by atoms with Crippen LogP contribution in [0.1, 0.15) is 29.1 Å². The SMILES string of the molecule is CC[P+](CC)(CC)CC.[H+]. The summed E-state index contributed by atoms with van der Waals surface area (Å²) in [7, 11) is -0.420. The molecule has 0 aromatic heterocycles. The third-order valence-corrected chi connectivity index (χ3v) is 8.05. The van der Waals surface area contributed by atoms with Gasteiger partial charge in [-0.05, 0) is 27.7 Å². The van der Waals surface area contributed by atoms with E-state index in [1.54, 1.807) is 0 Å². The van der Waals surface area contributed by atoms with Gasteiger partial charge >= 0.3 is 1.43 Å². The summed E-state index contributed by atoms with van der Waals surface area (Å²) in [4.78, 5) is 0. The van der Waals surface area contributed by atoms with Crippen LogP contribution in [0.25, 0.3) is 0 Å². The molecule has 0 spiro atoms. The van der Waals surface area contributed by atoms with E-state index in [0.29, 0.717) is 0 Å². The van der Waals surface area contributed by atoms with Gasteiger partial charge in [-0.3, -0.25) is 0 Å². The first kappa shape index (κ1) is 9.43. The Kier molecular flexibility index (Phi) is 4.48. The fourth-order valence-corrected chi connectivity index (χ4v) is 4.02. The Balaban J connectivity index is 0. The Morgan fingerprint density at radius 1 is 0.778 bits per heavy atom. The molecule has 0 fully saturated rings. The fourth-order valence-electron chi connectivity index (χ4n) is 1.34. The molecule has 0 aliphatic heterocycles. The molecule has 0 radical (unpaired) electrons. The second kappa shape index (κ2) is 4.28. The topological polar surface area (TPSA) is 0 Å². The van der Waals surface area contributed by atoms with Gasteiger partial charge in [0.05, 0.1) is 24.6 Å². The second-order valence-corrected chi connectivity index (χ2v) is 7.82. The Labute approximate surface area is 61.9 Å². The molecule has 0 bridgehead atoms. The second-order valence-electron chi connectivity index (χ2n) is 2.61. The first-order valence-electron chi connectivity index (χ1n) is 4.09. The maximum atomic E-state index is 2.35. The molecule has 0 aromatic rings. The monoisotopic (exact) mass is 148 g/mol. The molecule has 0 heterocycles. The van der Waals surface area contributed by atoms with E-state index < -0.39 is 7.26 Å². The van der Waals surface area contributed by atoms with Crippen LogP contribution >= 0.6 is 7.26 Å². The van der Waals surface area contributed by atoms with Crippen molar-refractivity contribution in [3.05, 3.63) is 0 Å². The third kappa shape index (κ3) is 2.26. The molecule has 0 amide bonds. The largest absolute Gasteiger partial charge is 1.00 e. The zero-order chi connectivity index (χ0) is 7.33. The summed E-state index contributed by atoms with van der Waals surface area (Å²) in [5.74, 6) is 0. The van der Waals surface area contributed by atoms with Crippen molar-refractivity contribution in [3.63, 3.8) is 0 Å². The maximum Gasteiger partial charge on any atom is 1.00 e. The fraction of sp³-hybridized carbons (Fsp3) is 1.00. The van der Waals surface area contributed by atoms with Gasteiger partial charge in [-0.25, -0.2) is 0 Å². The van der Waals surface area contributed by atoms with Gasteiger partial charge in [0.2, 0.25) is 0 Å². The van der Waals surface area contributed by atoms with Gasteiger partial charge < -0.3 is 0 Å². The lowest BCUT2D eigenvalue weighted by Gasteiger charge is -2.20. The van der Waals surface area contributed by atoms with Crippen LogP contribution in [0.3, 0.4) is 0 Å². The van der Waals surface area contributed by atoms with Crippen LogP contribution in [0.4, 0.5) is 0 Å². The number of rotatable bonds is 4. The highest BCUT2D eigenvalue weighted by Gasteiger charge is 2.27. The first-order chi connectivity index (χ1) is 4.24. The maximum absolute atomic E-state index is 2.35. The van der Waals surface area contributed by atoms with Crippen LogP contribution in [-0.2, 0) is 0 Å². The molecule has 0 atom stereocenters. The van der Waals surface area contributed by atoms with Crippen molar-refractivity contribution in [2.45, 2.75) is 27.7 Å². The summed E-state index contributed by atoms with van der Waals surface area (Å²) in [5.41, 5.74) is 0. The first-order valence-corrected chi connectivity index (χ1v) is 6.62. The molecule has 0 rings (SSSR count). The average molecular weight is 148 g/mol. The Hall–Kier alpha value is 0.430. The van der Waals surface area contributed by atoms with Gasteiger partial charge in [0.25, 0.3) is 0 Å². The zero-order valence-electron chi connectivity index (χ0n) is 8.28. The molecular formula is C8H21P+2. The molecule has 0 aliphatic carbocycles. The van der Waals surface area contributed by atoms with Crippen LogP contribution in [0, 0.1) is 0 Å². The molecule has 56 valence electrons. The quantitative estimate of drug-likeness (QED) is 0.537. The minimum Gasteiger partial charge on any atom is -0.0311 e. The van der Waals surface area contributed by atoms with Crippen molar-refractivity contribution in [2.75, 3.05) is 24.6 Å². The number of hydrogen-bond donors (Lipinski definition) is 0. The van der Waals surface area contributed by atoms with Gasteiger partial charge in [0, 0.05) is 7.26 Å². The summed E-state index contributed by atoms with van der Waals surface area (Å²) >= 11 is 0. The Morgan fingerprint density at radius 3 is 1.00 bits per heavy atom. The van der Waals surface area contributed by atoms with E-state index in [0.717, 1.165) is 0 Å². The minimum atomic E-state index is -0.420. The van der Waals surface area contributed by atoms with Gasteiger partial charge in [-0.1, -0.05) is 0 Å². The standard InChI is InChI=1S/C8H20P/c1-5-9(6-2,7-3)8-4/h5-8H2,1-4H3/q+1/p+1. The molecule has 0 N–H and O–H groups in total. The van der Waals surface area contributed by atoms with Crippen molar-refractivity contribution >= 4 is 7.26 Å². The van der Waals surface area contributed by atoms with E-state index in [9.17, 15) is 0 Å². The molecule has 0 unspecified atom stereocenters. The normalized spacial score (nSPS) is 12.0. The lowest BCUT2D eigenvalue weighted by molar-refractivity contribution is 1.25. The minimum absolute atomic E-state index is 0. The Morgan fingerprint density at radius 2 is 1.00 bits per heavy atom. The van der Waals surface area contributed by atoms with E-state index in [4.69, 9.17) is 0 Å². The van der Waals surface area contributed by atoms with Crippen LogP contribution in [-0.4, -0.2) is 24.6 Å². The van der Waals surface area contributed by atoms with E-state index in [1.807, 2.05) is 0 Å². The van der Waals surface area contributed by atoms with E-state index >= 15 is 0 Å². The van der Waals surface area contributed by atoms with Gasteiger partial charge in [0.1, 0.15) is 0 Å². The Bertz CT molecular complexity index is 52.1. The smallest absolute Gasteiger partial charge is 0.0311 e. The zero-order valence-corrected chi connectivity index (χ0v) is 8.17. The summed E-state index contributed by atoms with van der Waals surface area (Å²) in [6, 6.07) is 0. The highest BCUT2D eigenvalue weighted by Crippen LogP contribution is 2.57. The molecule has 9 heavy (non-hydrogen) atoms. The predicted octanol–water partition coefficient (Wildman–Crippen LogP) is 3.20. The molecular weight excluding hydrogens is 127 g/mol. The van der Waals surface area contributed by atoms with Gasteiger partial charge in [-0.15, -0.1) is 0 Å². The van der Waals surface area contributed by atoms with Crippen molar-refractivity contribution < 1.29 is 1.43 Å². The van der Waals surface area contributed by atoms with Crippen molar-refractivity contribution in [2.24, 2.45) is 0 Å². The summed E-state index contributed by atoms with van der Waals surface area (Å²) in [5, 5.41) is 0. The third-order valence-electron chi connectivity index (χ3n) is 2.68. The summed E-state index contributed by atoms with van der Waals surface area (Å²) in [6.45, 7) is 9.41. The lowest BCUT2D eigenvalue weighted by atomic mass is 10.9. The highest BCUT2D eigenvalue weighted by atomic mass is 31.2. The lowest BCUT2D eigenvalue weighted by Crippen LogP contribution is -2.04. The molecule has 0 nitrogen and oxygen atoms in total. The highest BCUT2D eigenvalue weighted by molar-refractivity contribution is 7.75. The van der Waals surface area contributed by atoms with Crippen LogP contribution < -0.4 is 0 Å². The molecule has 0 saturated heterocycles. The van der Waals surface area contributed by atoms with Gasteiger partial charge in [-0.2, -0.15) is 0 Å². The van der Waals surface area contributed by atoms with Gasteiger partial charge in [0.15, 0.2) is 0 Å². The van der Waals surface area contributed by atoms with Crippen molar-refractivity contribution in [1.29, 1.82) is 0 Å². The summed E-state index contributed by atoms with van der Waals surface area (Å²) < 4.78 is 0. The number of hydrogen-bond acceptors (Lipinski definition) is 0.